The number of anilines is 2. The van der Waals surface area contributed by atoms with Crippen LogP contribution in [-0.2, 0) is 9.59 Å². The molecule has 2 aromatic rings. The van der Waals surface area contributed by atoms with Crippen LogP contribution in [0.4, 0.5) is 11.4 Å². The standard InChI is InChI=1S/C19H18N2O3S/c1-12-8-9-14(10-13(12)2)20-17(22)11-18(23)21(19(20)25)15-6-4-5-7-16(15)24-3/h4-10H,11H2,1-3H3. The molecule has 0 bridgehead atoms. The quantitative estimate of drug-likeness (QED) is 0.626. The molecule has 2 aromatic carbocycles. The van der Waals surface area contributed by atoms with Crippen LogP contribution in [0.3, 0.4) is 0 Å². The summed E-state index contributed by atoms with van der Waals surface area (Å²) in [4.78, 5) is 27.8. The van der Waals surface area contributed by atoms with Crippen LogP contribution < -0.4 is 14.5 Å². The normalized spacial score (nSPS) is 14.9. The number of amides is 2. The van der Waals surface area contributed by atoms with Gasteiger partial charge in [0.1, 0.15) is 12.2 Å². The van der Waals surface area contributed by atoms with Crippen molar-refractivity contribution >= 4 is 40.5 Å². The molecule has 1 aliphatic heterocycles. The number of nitrogens with zero attached hydrogens (tertiary/aromatic N) is 2. The van der Waals surface area contributed by atoms with E-state index in [-0.39, 0.29) is 23.3 Å². The Kier molecular flexibility index (Phi) is 4.55. The van der Waals surface area contributed by atoms with Crippen molar-refractivity contribution in [2.24, 2.45) is 0 Å². The number of thiocarbonyl (C=S) groups is 1. The van der Waals surface area contributed by atoms with Gasteiger partial charge in [0, 0.05) is 0 Å². The minimum Gasteiger partial charge on any atom is -0.495 e. The first kappa shape index (κ1) is 17.1. The third-order valence-electron chi connectivity index (χ3n) is 4.26. The van der Waals surface area contributed by atoms with Gasteiger partial charge in [-0.05, 0) is 61.5 Å². The average molecular weight is 354 g/mol. The third kappa shape index (κ3) is 3.00. The summed E-state index contributed by atoms with van der Waals surface area (Å²) in [6, 6.07) is 12.8. The van der Waals surface area contributed by atoms with Gasteiger partial charge in [-0.1, -0.05) is 18.2 Å². The molecular weight excluding hydrogens is 336 g/mol. The molecule has 3 rings (SSSR count). The smallest absolute Gasteiger partial charge is 0.242 e. The zero-order valence-electron chi connectivity index (χ0n) is 14.3. The number of rotatable bonds is 3. The van der Waals surface area contributed by atoms with Gasteiger partial charge in [-0.2, -0.15) is 0 Å². The Hall–Kier alpha value is -2.73. The molecule has 128 valence electrons. The molecule has 0 unspecified atom stereocenters. The Bertz CT molecular complexity index is 879. The fourth-order valence-electron chi connectivity index (χ4n) is 2.77. The van der Waals surface area contributed by atoms with Crippen molar-refractivity contribution in [3.63, 3.8) is 0 Å². The Morgan fingerprint density at radius 1 is 0.960 bits per heavy atom. The molecule has 0 atom stereocenters. The average Bonchev–Trinajstić information content (AvgIpc) is 2.58. The fraction of sp³-hybridized carbons (Fsp3) is 0.211. The van der Waals surface area contributed by atoms with Crippen LogP contribution >= 0.6 is 12.2 Å². The lowest BCUT2D eigenvalue weighted by atomic mass is 10.1. The van der Waals surface area contributed by atoms with E-state index in [2.05, 4.69) is 0 Å². The predicted octanol–water partition coefficient (Wildman–Crippen LogP) is 3.37. The molecule has 0 spiro atoms. The second-order valence-corrected chi connectivity index (χ2v) is 6.22. The molecule has 2 amide bonds. The number of methoxy groups -OCH3 is 1. The highest BCUT2D eigenvalue weighted by atomic mass is 32.1. The maximum Gasteiger partial charge on any atom is 0.242 e. The molecule has 0 aliphatic carbocycles. The highest BCUT2D eigenvalue weighted by molar-refractivity contribution is 7.81. The predicted molar refractivity (Wildman–Crippen MR) is 101 cm³/mol. The number of carbonyl (C=O) groups excluding carboxylic acids is 2. The first-order valence-corrected chi connectivity index (χ1v) is 8.25. The molecule has 25 heavy (non-hydrogen) atoms. The molecule has 0 N–H and O–H groups in total. The SMILES string of the molecule is COc1ccccc1N1C(=O)CC(=O)N(c2ccc(C)c(C)c2)C1=S. The van der Waals surface area contributed by atoms with E-state index < -0.39 is 0 Å². The topological polar surface area (TPSA) is 49.9 Å². The lowest BCUT2D eigenvalue weighted by Crippen LogP contribution is -2.55. The van der Waals surface area contributed by atoms with E-state index in [1.807, 2.05) is 38.1 Å². The summed E-state index contributed by atoms with van der Waals surface area (Å²) in [5.74, 6) is -0.170. The minimum absolute atomic E-state index is 0.133. The Morgan fingerprint density at radius 2 is 1.64 bits per heavy atom. The number of carbonyl (C=O) groups is 2. The zero-order valence-corrected chi connectivity index (χ0v) is 15.1. The molecule has 1 heterocycles. The maximum atomic E-state index is 12.5. The molecule has 1 aliphatic rings. The summed E-state index contributed by atoms with van der Waals surface area (Å²) in [5, 5.41) is 0.133. The molecule has 0 radical (unpaired) electrons. The largest absolute Gasteiger partial charge is 0.495 e. The van der Waals surface area contributed by atoms with E-state index in [0.29, 0.717) is 17.1 Å². The second-order valence-electron chi connectivity index (χ2n) is 5.86. The molecular formula is C19H18N2O3S. The first-order valence-electron chi connectivity index (χ1n) is 7.84. The highest BCUT2D eigenvalue weighted by Crippen LogP contribution is 2.33. The van der Waals surface area contributed by atoms with Crippen LogP contribution in [0.15, 0.2) is 42.5 Å². The van der Waals surface area contributed by atoms with Crippen LogP contribution in [0.5, 0.6) is 5.75 Å². The van der Waals surface area contributed by atoms with E-state index in [9.17, 15) is 9.59 Å². The Morgan fingerprint density at radius 3 is 2.32 bits per heavy atom. The van der Waals surface area contributed by atoms with Crippen LogP contribution in [0.1, 0.15) is 17.5 Å². The van der Waals surface area contributed by atoms with Gasteiger partial charge in [-0.3, -0.25) is 19.4 Å². The van der Waals surface area contributed by atoms with Crippen molar-refractivity contribution in [3.8, 4) is 5.75 Å². The molecule has 0 saturated carbocycles. The van der Waals surface area contributed by atoms with Gasteiger partial charge in [0.15, 0.2) is 5.11 Å². The highest BCUT2D eigenvalue weighted by Gasteiger charge is 2.38. The van der Waals surface area contributed by atoms with Crippen molar-refractivity contribution in [1.82, 2.24) is 0 Å². The van der Waals surface area contributed by atoms with Gasteiger partial charge in [-0.25, -0.2) is 0 Å². The Balaban J connectivity index is 2.07. The Labute approximate surface area is 151 Å². The summed E-state index contributed by atoms with van der Waals surface area (Å²) in [5.41, 5.74) is 3.36. The lowest BCUT2D eigenvalue weighted by Gasteiger charge is -2.36. The van der Waals surface area contributed by atoms with Crippen LogP contribution in [0.2, 0.25) is 0 Å². The van der Waals surface area contributed by atoms with E-state index >= 15 is 0 Å². The van der Waals surface area contributed by atoms with Crippen molar-refractivity contribution < 1.29 is 14.3 Å². The lowest BCUT2D eigenvalue weighted by molar-refractivity contribution is -0.126. The first-order chi connectivity index (χ1) is 11.9. The molecule has 0 aromatic heterocycles. The zero-order chi connectivity index (χ0) is 18.1. The number of aryl methyl sites for hydroxylation is 2. The molecule has 1 fully saturated rings. The summed E-state index contributed by atoms with van der Waals surface area (Å²) in [6.45, 7) is 3.97. The summed E-state index contributed by atoms with van der Waals surface area (Å²) < 4.78 is 5.34. The monoisotopic (exact) mass is 354 g/mol. The van der Waals surface area contributed by atoms with Crippen LogP contribution in [0.25, 0.3) is 0 Å². The van der Waals surface area contributed by atoms with E-state index in [0.717, 1.165) is 11.1 Å². The van der Waals surface area contributed by atoms with Gasteiger partial charge in [0.2, 0.25) is 11.8 Å². The number of ether oxygens (including phenoxy) is 1. The van der Waals surface area contributed by atoms with E-state index in [1.165, 1.54) is 16.9 Å². The fourth-order valence-corrected chi connectivity index (χ4v) is 3.18. The van der Waals surface area contributed by atoms with Crippen LogP contribution in [0, 0.1) is 13.8 Å². The molecule has 6 heteroatoms. The van der Waals surface area contributed by atoms with Gasteiger partial charge in [0.25, 0.3) is 0 Å². The number of para-hydroxylation sites is 2. The van der Waals surface area contributed by atoms with Crippen molar-refractivity contribution in [2.75, 3.05) is 16.9 Å². The van der Waals surface area contributed by atoms with Crippen LogP contribution in [-0.4, -0.2) is 24.0 Å². The van der Waals surface area contributed by atoms with Crippen molar-refractivity contribution in [3.05, 3.63) is 53.6 Å². The third-order valence-corrected chi connectivity index (χ3v) is 4.62. The summed E-state index contributed by atoms with van der Waals surface area (Å²) >= 11 is 5.51. The maximum absolute atomic E-state index is 12.5. The number of hydrogen-bond acceptors (Lipinski definition) is 4. The van der Waals surface area contributed by atoms with Crippen molar-refractivity contribution in [1.29, 1.82) is 0 Å². The summed E-state index contributed by atoms with van der Waals surface area (Å²) in [7, 11) is 1.53. The number of benzene rings is 2. The van der Waals surface area contributed by atoms with E-state index in [1.54, 1.807) is 18.2 Å². The summed E-state index contributed by atoms with van der Waals surface area (Å²) in [6.07, 6.45) is -0.245. The minimum atomic E-state index is -0.361. The van der Waals surface area contributed by atoms with Gasteiger partial charge in [-0.15, -0.1) is 0 Å². The van der Waals surface area contributed by atoms with Gasteiger partial charge < -0.3 is 4.74 Å². The van der Waals surface area contributed by atoms with Gasteiger partial charge in [0.05, 0.1) is 18.5 Å². The van der Waals surface area contributed by atoms with E-state index in [4.69, 9.17) is 17.0 Å². The molecule has 1 saturated heterocycles. The van der Waals surface area contributed by atoms with Gasteiger partial charge >= 0.3 is 0 Å². The number of hydrogen-bond donors (Lipinski definition) is 0. The molecule has 5 nitrogen and oxygen atoms in total. The second kappa shape index (κ2) is 6.64. The van der Waals surface area contributed by atoms with Crippen molar-refractivity contribution in [2.45, 2.75) is 20.3 Å².